The number of hydrogen-bond acceptors (Lipinski definition) is 5. The van der Waals surface area contributed by atoms with Crippen molar-refractivity contribution in [3.8, 4) is 11.5 Å². The number of ether oxygens (including phenoxy) is 2. The first-order chi connectivity index (χ1) is 14.2. The summed E-state index contributed by atoms with van der Waals surface area (Å²) in [5.74, 6) is 1.97. The number of fused-ring (bicyclic) bond motifs is 2. The van der Waals surface area contributed by atoms with Gasteiger partial charge in [-0.3, -0.25) is 4.79 Å². The van der Waals surface area contributed by atoms with Crippen molar-refractivity contribution in [2.45, 2.75) is 32.5 Å². The highest BCUT2D eigenvalue weighted by Gasteiger charge is 2.28. The van der Waals surface area contributed by atoms with E-state index in [2.05, 4.69) is 35.3 Å². The Hall–Kier alpha value is -3.41. The lowest BCUT2D eigenvalue weighted by Gasteiger charge is -2.24. The smallest absolute Gasteiger partial charge is 0.255 e. The fourth-order valence-electron chi connectivity index (χ4n) is 4.02. The van der Waals surface area contributed by atoms with Crippen molar-refractivity contribution < 1.29 is 18.7 Å². The third kappa shape index (κ3) is 3.31. The van der Waals surface area contributed by atoms with Crippen molar-refractivity contribution in [3.63, 3.8) is 0 Å². The van der Waals surface area contributed by atoms with Gasteiger partial charge in [0.05, 0.1) is 18.4 Å². The summed E-state index contributed by atoms with van der Waals surface area (Å²) in [6.07, 6.45) is 2.58. The maximum atomic E-state index is 12.8. The summed E-state index contributed by atoms with van der Waals surface area (Å²) in [7, 11) is 0. The lowest BCUT2D eigenvalue weighted by Crippen LogP contribution is -2.30. The maximum absolute atomic E-state index is 12.8. The first-order valence-electron chi connectivity index (χ1n) is 9.76. The number of furan rings is 1. The summed E-state index contributed by atoms with van der Waals surface area (Å²) >= 11 is 0. The minimum absolute atomic E-state index is 0.147. The van der Waals surface area contributed by atoms with Crippen molar-refractivity contribution in [1.82, 2.24) is 5.32 Å². The molecule has 0 saturated carbocycles. The van der Waals surface area contributed by atoms with E-state index in [1.54, 1.807) is 12.3 Å². The molecule has 0 saturated heterocycles. The number of carbonyl (C=O) groups is 1. The third-order valence-corrected chi connectivity index (χ3v) is 5.54. The van der Waals surface area contributed by atoms with Gasteiger partial charge in [0.2, 0.25) is 6.79 Å². The van der Waals surface area contributed by atoms with Gasteiger partial charge in [-0.1, -0.05) is 24.3 Å². The summed E-state index contributed by atoms with van der Waals surface area (Å²) in [5, 5.41) is 2.97. The molecular weight excluding hydrogens is 368 g/mol. The normalized spacial score (nSPS) is 16.7. The van der Waals surface area contributed by atoms with Gasteiger partial charge in [0.1, 0.15) is 5.76 Å². The van der Waals surface area contributed by atoms with Crippen molar-refractivity contribution in [2.75, 3.05) is 11.7 Å². The molecule has 2 aliphatic heterocycles. The zero-order chi connectivity index (χ0) is 19.8. The van der Waals surface area contributed by atoms with Crippen LogP contribution in [-0.4, -0.2) is 18.7 Å². The number of anilines is 1. The average molecular weight is 390 g/mol. The van der Waals surface area contributed by atoms with Crippen LogP contribution in [0.15, 0.2) is 59.2 Å². The van der Waals surface area contributed by atoms with E-state index in [1.165, 1.54) is 11.3 Å². The van der Waals surface area contributed by atoms with Crippen LogP contribution >= 0.6 is 0 Å². The lowest BCUT2D eigenvalue weighted by atomic mass is 10.1. The third-order valence-electron chi connectivity index (χ3n) is 5.54. The van der Waals surface area contributed by atoms with Gasteiger partial charge in [-0.15, -0.1) is 0 Å². The molecule has 1 atom stereocenters. The van der Waals surface area contributed by atoms with Gasteiger partial charge in [0.15, 0.2) is 11.5 Å². The first kappa shape index (κ1) is 17.7. The van der Waals surface area contributed by atoms with Crippen LogP contribution in [0, 0.1) is 0 Å². The Morgan fingerprint density at radius 1 is 1.14 bits per heavy atom. The topological polar surface area (TPSA) is 63.9 Å². The van der Waals surface area contributed by atoms with Crippen LogP contribution in [0.2, 0.25) is 0 Å². The van der Waals surface area contributed by atoms with Crippen LogP contribution in [0.1, 0.15) is 34.2 Å². The van der Waals surface area contributed by atoms with Crippen molar-refractivity contribution in [1.29, 1.82) is 0 Å². The fourth-order valence-corrected chi connectivity index (χ4v) is 4.02. The van der Waals surface area contributed by atoms with E-state index in [4.69, 9.17) is 13.9 Å². The highest BCUT2D eigenvalue weighted by Crippen LogP contribution is 2.34. The molecule has 1 unspecified atom stereocenters. The molecule has 1 aromatic heterocycles. The molecule has 3 aromatic rings. The second kappa shape index (κ2) is 7.20. The number of para-hydroxylation sites is 1. The van der Waals surface area contributed by atoms with Gasteiger partial charge < -0.3 is 24.1 Å². The zero-order valence-corrected chi connectivity index (χ0v) is 16.2. The van der Waals surface area contributed by atoms with Gasteiger partial charge >= 0.3 is 0 Å². The quantitative estimate of drug-likeness (QED) is 0.716. The van der Waals surface area contributed by atoms with E-state index in [0.717, 1.165) is 17.7 Å². The lowest BCUT2D eigenvalue weighted by molar-refractivity contribution is 0.0948. The predicted molar refractivity (Wildman–Crippen MR) is 108 cm³/mol. The van der Waals surface area contributed by atoms with Gasteiger partial charge in [-0.05, 0) is 48.7 Å². The second-order valence-corrected chi connectivity index (χ2v) is 7.44. The molecule has 6 heteroatoms. The Bertz CT molecular complexity index is 1060. The summed E-state index contributed by atoms with van der Waals surface area (Å²) in [5.41, 5.74) is 4.07. The molecule has 2 aromatic carbocycles. The first-order valence-corrected chi connectivity index (χ1v) is 9.76. The summed E-state index contributed by atoms with van der Waals surface area (Å²) < 4.78 is 16.4. The molecule has 0 aliphatic carbocycles. The van der Waals surface area contributed by atoms with E-state index in [0.29, 0.717) is 36.2 Å². The molecule has 2 aliphatic rings. The van der Waals surface area contributed by atoms with E-state index in [1.807, 2.05) is 24.3 Å². The average Bonchev–Trinajstić information content (AvgIpc) is 3.45. The number of carbonyl (C=O) groups excluding carboxylic acids is 1. The SMILES string of the molecule is CC1Cc2ccccc2N1Cc1occc1C(=O)NCc1ccc2c(c1)OCO2. The number of benzene rings is 2. The molecular formula is C23H22N2O4. The molecule has 0 radical (unpaired) electrons. The molecule has 0 bridgehead atoms. The van der Waals surface area contributed by atoms with E-state index in [-0.39, 0.29) is 12.7 Å². The fraction of sp³-hybridized carbons (Fsp3) is 0.261. The molecule has 1 N–H and O–H groups in total. The number of nitrogens with one attached hydrogen (secondary N) is 1. The van der Waals surface area contributed by atoms with Crippen LogP contribution in [-0.2, 0) is 19.5 Å². The van der Waals surface area contributed by atoms with Gasteiger partial charge in [-0.2, -0.15) is 0 Å². The molecule has 5 rings (SSSR count). The Labute approximate surface area is 169 Å². The zero-order valence-electron chi connectivity index (χ0n) is 16.2. The Balaban J connectivity index is 1.28. The van der Waals surface area contributed by atoms with Crippen molar-refractivity contribution in [2.24, 2.45) is 0 Å². The maximum Gasteiger partial charge on any atom is 0.255 e. The predicted octanol–water partition coefficient (Wildman–Crippen LogP) is 3.89. The van der Waals surface area contributed by atoms with Crippen LogP contribution in [0.5, 0.6) is 11.5 Å². The highest BCUT2D eigenvalue weighted by molar-refractivity contribution is 5.95. The molecule has 148 valence electrons. The van der Waals surface area contributed by atoms with Crippen LogP contribution in [0.25, 0.3) is 0 Å². The number of rotatable bonds is 5. The summed E-state index contributed by atoms with van der Waals surface area (Å²) in [4.78, 5) is 15.1. The van der Waals surface area contributed by atoms with Crippen molar-refractivity contribution >= 4 is 11.6 Å². The molecule has 1 amide bonds. The van der Waals surface area contributed by atoms with E-state index in [9.17, 15) is 4.79 Å². The second-order valence-electron chi connectivity index (χ2n) is 7.44. The molecule has 29 heavy (non-hydrogen) atoms. The monoisotopic (exact) mass is 390 g/mol. The standard InChI is InChI=1S/C23H22N2O4/c1-15-10-17-4-2-3-5-19(17)25(15)13-22-18(8-9-27-22)23(26)24-12-16-6-7-20-21(11-16)29-14-28-20/h2-9,11,15H,10,12-14H2,1H3,(H,24,26). The molecule has 0 spiro atoms. The molecule has 3 heterocycles. The summed E-state index contributed by atoms with van der Waals surface area (Å²) in [6.45, 7) is 3.41. The van der Waals surface area contributed by atoms with Crippen LogP contribution in [0.4, 0.5) is 5.69 Å². The van der Waals surface area contributed by atoms with Gasteiger partial charge in [0.25, 0.3) is 5.91 Å². The Morgan fingerprint density at radius 3 is 2.93 bits per heavy atom. The Kier molecular flexibility index (Phi) is 4.39. The Morgan fingerprint density at radius 2 is 2.00 bits per heavy atom. The number of nitrogens with zero attached hydrogens (tertiary/aromatic N) is 1. The number of amides is 1. The van der Waals surface area contributed by atoms with E-state index >= 15 is 0 Å². The molecule has 6 nitrogen and oxygen atoms in total. The summed E-state index contributed by atoms with van der Waals surface area (Å²) in [6, 6.07) is 16.2. The minimum atomic E-state index is -0.147. The minimum Gasteiger partial charge on any atom is -0.467 e. The van der Waals surface area contributed by atoms with Gasteiger partial charge in [-0.25, -0.2) is 0 Å². The molecule has 0 fully saturated rings. The van der Waals surface area contributed by atoms with Crippen LogP contribution < -0.4 is 19.7 Å². The van der Waals surface area contributed by atoms with Crippen LogP contribution in [0.3, 0.4) is 0 Å². The largest absolute Gasteiger partial charge is 0.467 e. The number of hydrogen-bond donors (Lipinski definition) is 1. The van der Waals surface area contributed by atoms with Crippen molar-refractivity contribution in [3.05, 3.63) is 77.2 Å². The highest BCUT2D eigenvalue weighted by atomic mass is 16.7. The van der Waals surface area contributed by atoms with E-state index < -0.39 is 0 Å². The van der Waals surface area contributed by atoms with Gasteiger partial charge in [0, 0.05) is 18.3 Å².